The van der Waals surface area contributed by atoms with Gasteiger partial charge in [0.25, 0.3) is 0 Å². The van der Waals surface area contributed by atoms with Crippen LogP contribution in [0.2, 0.25) is 0 Å². The lowest BCUT2D eigenvalue weighted by Crippen LogP contribution is -2.05. The molecule has 1 N–H and O–H groups in total. The number of anilines is 1. The van der Waals surface area contributed by atoms with E-state index in [1.165, 1.54) is 6.92 Å². The van der Waals surface area contributed by atoms with Crippen molar-refractivity contribution in [1.29, 1.82) is 0 Å². The number of rotatable bonds is 3. The predicted molar refractivity (Wildman–Crippen MR) is 91.4 cm³/mol. The SMILES string of the molecule is CC(=O)Nc1ccc(/C=C/c2ccc3ccccc3n2)cc1. The number of para-hydroxylation sites is 1. The van der Waals surface area contributed by atoms with Gasteiger partial charge in [-0.2, -0.15) is 0 Å². The first-order chi connectivity index (χ1) is 10.7. The van der Waals surface area contributed by atoms with E-state index in [1.54, 1.807) is 0 Å². The Balaban J connectivity index is 1.78. The summed E-state index contributed by atoms with van der Waals surface area (Å²) < 4.78 is 0. The molecule has 1 heterocycles. The summed E-state index contributed by atoms with van der Waals surface area (Å²) >= 11 is 0. The molecule has 0 spiro atoms. The lowest BCUT2D eigenvalue weighted by Gasteiger charge is -2.02. The normalized spacial score (nSPS) is 11.0. The molecule has 108 valence electrons. The predicted octanol–water partition coefficient (Wildman–Crippen LogP) is 4.36. The van der Waals surface area contributed by atoms with Gasteiger partial charge >= 0.3 is 0 Å². The topological polar surface area (TPSA) is 42.0 Å². The Labute approximate surface area is 129 Å². The van der Waals surface area contributed by atoms with Crippen molar-refractivity contribution in [3.8, 4) is 0 Å². The first-order valence-electron chi connectivity index (χ1n) is 7.12. The zero-order chi connectivity index (χ0) is 15.4. The number of amides is 1. The van der Waals surface area contributed by atoms with Crippen LogP contribution in [-0.4, -0.2) is 10.9 Å². The van der Waals surface area contributed by atoms with Gasteiger partial charge in [0.05, 0.1) is 11.2 Å². The molecule has 1 amide bonds. The Bertz CT molecular complexity index is 835. The number of nitrogens with zero attached hydrogens (tertiary/aromatic N) is 1. The molecule has 22 heavy (non-hydrogen) atoms. The van der Waals surface area contributed by atoms with Crippen molar-refractivity contribution in [2.45, 2.75) is 6.92 Å². The molecule has 0 radical (unpaired) electrons. The number of carbonyl (C=O) groups excluding carboxylic acids is 1. The number of carbonyl (C=O) groups is 1. The van der Waals surface area contributed by atoms with Crippen LogP contribution in [0.1, 0.15) is 18.2 Å². The van der Waals surface area contributed by atoms with Gasteiger partial charge in [-0.3, -0.25) is 4.79 Å². The van der Waals surface area contributed by atoms with Crippen LogP contribution in [0, 0.1) is 0 Å². The number of pyridine rings is 1. The number of aromatic nitrogens is 1. The van der Waals surface area contributed by atoms with Gasteiger partial charge in [-0.25, -0.2) is 4.98 Å². The minimum absolute atomic E-state index is 0.0661. The maximum atomic E-state index is 11.0. The van der Waals surface area contributed by atoms with Gasteiger partial charge in [-0.1, -0.05) is 42.5 Å². The van der Waals surface area contributed by atoms with Crippen LogP contribution in [0.3, 0.4) is 0 Å². The van der Waals surface area contributed by atoms with Gasteiger partial charge in [0.15, 0.2) is 0 Å². The van der Waals surface area contributed by atoms with Crippen molar-refractivity contribution in [3.63, 3.8) is 0 Å². The molecule has 3 nitrogen and oxygen atoms in total. The zero-order valence-corrected chi connectivity index (χ0v) is 12.3. The Morgan fingerprint density at radius 2 is 1.73 bits per heavy atom. The minimum atomic E-state index is -0.0661. The molecular formula is C19H16N2O. The van der Waals surface area contributed by atoms with E-state index in [-0.39, 0.29) is 5.91 Å². The Hall–Kier alpha value is -2.94. The first kappa shape index (κ1) is 14.0. The molecule has 0 unspecified atom stereocenters. The molecule has 0 atom stereocenters. The smallest absolute Gasteiger partial charge is 0.221 e. The molecule has 1 aromatic heterocycles. The first-order valence-corrected chi connectivity index (χ1v) is 7.12. The van der Waals surface area contributed by atoms with Gasteiger partial charge in [0.1, 0.15) is 0 Å². The lowest BCUT2D eigenvalue weighted by molar-refractivity contribution is -0.114. The summed E-state index contributed by atoms with van der Waals surface area (Å²) in [5.41, 5.74) is 3.77. The van der Waals surface area contributed by atoms with E-state index in [0.29, 0.717) is 0 Å². The zero-order valence-electron chi connectivity index (χ0n) is 12.3. The molecule has 0 fully saturated rings. The molecule has 3 aromatic rings. The second kappa shape index (κ2) is 6.22. The number of fused-ring (bicyclic) bond motifs is 1. The van der Waals surface area contributed by atoms with Crippen LogP contribution < -0.4 is 5.32 Å². The second-order valence-electron chi connectivity index (χ2n) is 5.07. The van der Waals surface area contributed by atoms with E-state index < -0.39 is 0 Å². The largest absolute Gasteiger partial charge is 0.326 e. The van der Waals surface area contributed by atoms with Crippen LogP contribution in [-0.2, 0) is 4.79 Å². The third kappa shape index (κ3) is 3.38. The maximum Gasteiger partial charge on any atom is 0.221 e. The van der Waals surface area contributed by atoms with Crippen LogP contribution in [0.4, 0.5) is 5.69 Å². The van der Waals surface area contributed by atoms with Crippen LogP contribution in [0.25, 0.3) is 23.1 Å². The van der Waals surface area contributed by atoms with Gasteiger partial charge in [-0.05, 0) is 35.9 Å². The van der Waals surface area contributed by atoms with Crippen molar-refractivity contribution in [2.75, 3.05) is 5.32 Å². The quantitative estimate of drug-likeness (QED) is 0.778. The lowest BCUT2D eigenvalue weighted by atomic mass is 10.1. The standard InChI is InChI=1S/C19H16N2O/c1-14(22)20-17-10-6-15(7-11-17)8-12-18-13-9-16-4-2-3-5-19(16)21-18/h2-13H,1H3,(H,20,22)/b12-8+. The summed E-state index contributed by atoms with van der Waals surface area (Å²) in [4.78, 5) is 15.6. The number of hydrogen-bond donors (Lipinski definition) is 1. The maximum absolute atomic E-state index is 11.0. The third-order valence-electron chi connectivity index (χ3n) is 3.30. The van der Waals surface area contributed by atoms with Crippen molar-refractivity contribution in [3.05, 3.63) is 71.9 Å². The molecule has 0 aliphatic carbocycles. The highest BCUT2D eigenvalue weighted by Crippen LogP contribution is 2.15. The Morgan fingerprint density at radius 1 is 0.955 bits per heavy atom. The molecule has 0 saturated heterocycles. The van der Waals surface area contributed by atoms with E-state index in [4.69, 9.17) is 0 Å². The van der Waals surface area contributed by atoms with E-state index in [1.807, 2.05) is 60.7 Å². The summed E-state index contributed by atoms with van der Waals surface area (Å²) in [5, 5.41) is 3.89. The highest BCUT2D eigenvalue weighted by Gasteiger charge is 1.96. The highest BCUT2D eigenvalue weighted by atomic mass is 16.1. The monoisotopic (exact) mass is 288 g/mol. The molecule has 2 aromatic carbocycles. The van der Waals surface area contributed by atoms with Gasteiger partial charge in [0, 0.05) is 18.0 Å². The summed E-state index contributed by atoms with van der Waals surface area (Å²) in [6.45, 7) is 1.50. The second-order valence-corrected chi connectivity index (χ2v) is 5.07. The molecule has 0 aliphatic heterocycles. The summed E-state index contributed by atoms with van der Waals surface area (Å²) in [5.74, 6) is -0.0661. The van der Waals surface area contributed by atoms with Crippen LogP contribution in [0.5, 0.6) is 0 Å². The Kier molecular flexibility index (Phi) is 3.97. The van der Waals surface area contributed by atoms with E-state index >= 15 is 0 Å². The fourth-order valence-corrected chi connectivity index (χ4v) is 2.24. The van der Waals surface area contributed by atoms with Crippen molar-refractivity contribution in [1.82, 2.24) is 4.98 Å². The van der Waals surface area contributed by atoms with Crippen molar-refractivity contribution < 1.29 is 4.79 Å². The fraction of sp³-hybridized carbons (Fsp3) is 0.0526. The molecule has 3 rings (SSSR count). The minimum Gasteiger partial charge on any atom is -0.326 e. The Morgan fingerprint density at radius 3 is 2.50 bits per heavy atom. The fourth-order valence-electron chi connectivity index (χ4n) is 2.24. The molecule has 3 heteroatoms. The summed E-state index contributed by atoms with van der Waals surface area (Å²) in [6.07, 6.45) is 3.99. The average molecular weight is 288 g/mol. The van der Waals surface area contributed by atoms with Gasteiger partial charge < -0.3 is 5.32 Å². The molecular weight excluding hydrogens is 272 g/mol. The van der Waals surface area contributed by atoms with E-state index in [9.17, 15) is 4.79 Å². The van der Waals surface area contributed by atoms with Crippen LogP contribution in [0.15, 0.2) is 60.7 Å². The van der Waals surface area contributed by atoms with E-state index in [2.05, 4.69) is 22.4 Å². The molecule has 0 bridgehead atoms. The van der Waals surface area contributed by atoms with E-state index in [0.717, 1.165) is 27.8 Å². The average Bonchev–Trinajstić information content (AvgIpc) is 2.53. The van der Waals surface area contributed by atoms with Gasteiger partial charge in [-0.15, -0.1) is 0 Å². The number of hydrogen-bond acceptors (Lipinski definition) is 2. The summed E-state index contributed by atoms with van der Waals surface area (Å²) in [7, 11) is 0. The number of nitrogens with one attached hydrogen (secondary N) is 1. The third-order valence-corrected chi connectivity index (χ3v) is 3.30. The molecule has 0 saturated carbocycles. The summed E-state index contributed by atoms with van der Waals surface area (Å²) in [6, 6.07) is 19.8. The molecule has 0 aliphatic rings. The van der Waals surface area contributed by atoms with Crippen LogP contribution >= 0.6 is 0 Å². The van der Waals surface area contributed by atoms with Crippen molar-refractivity contribution in [2.24, 2.45) is 0 Å². The van der Waals surface area contributed by atoms with Gasteiger partial charge in [0.2, 0.25) is 5.91 Å². The number of benzene rings is 2. The van der Waals surface area contributed by atoms with Crippen molar-refractivity contribution >= 4 is 34.6 Å². The highest BCUT2D eigenvalue weighted by molar-refractivity contribution is 5.88.